The van der Waals surface area contributed by atoms with E-state index in [0.717, 1.165) is 11.1 Å². The normalized spacial score (nSPS) is 13.2. The van der Waals surface area contributed by atoms with Crippen molar-refractivity contribution in [3.05, 3.63) is 52.2 Å². The number of hydrogen-bond acceptors (Lipinski definition) is 3. The van der Waals surface area contributed by atoms with Crippen LogP contribution in [0.5, 0.6) is 5.75 Å². The van der Waals surface area contributed by atoms with Gasteiger partial charge in [-0.25, -0.2) is 0 Å². The molecule has 0 bridgehead atoms. The van der Waals surface area contributed by atoms with Gasteiger partial charge in [0.15, 0.2) is 0 Å². The molecule has 1 unspecified atom stereocenters. The van der Waals surface area contributed by atoms with Gasteiger partial charge >= 0.3 is 6.36 Å². The highest BCUT2D eigenvalue weighted by atomic mass is 32.1. The van der Waals surface area contributed by atoms with Gasteiger partial charge in [0.2, 0.25) is 0 Å². The first-order chi connectivity index (χ1) is 9.44. The first-order valence-electron chi connectivity index (χ1n) is 6.04. The first kappa shape index (κ1) is 14.9. The Morgan fingerprint density at radius 2 is 2.10 bits per heavy atom. The van der Waals surface area contributed by atoms with Gasteiger partial charge in [0.25, 0.3) is 0 Å². The van der Waals surface area contributed by atoms with Gasteiger partial charge in [-0.05, 0) is 47.0 Å². The molecule has 0 aliphatic carbocycles. The Bertz CT molecular complexity index is 540. The monoisotopic (exact) mass is 301 g/mol. The van der Waals surface area contributed by atoms with E-state index in [2.05, 4.69) is 10.1 Å². The van der Waals surface area contributed by atoms with Crippen molar-refractivity contribution in [1.29, 1.82) is 0 Å². The molecule has 0 spiro atoms. The van der Waals surface area contributed by atoms with E-state index in [9.17, 15) is 13.2 Å². The maximum absolute atomic E-state index is 12.1. The van der Waals surface area contributed by atoms with Crippen molar-refractivity contribution in [3.8, 4) is 5.75 Å². The summed E-state index contributed by atoms with van der Waals surface area (Å²) in [5.41, 5.74) is 1.91. The summed E-state index contributed by atoms with van der Waals surface area (Å²) >= 11 is 1.61. The molecule has 1 aromatic heterocycles. The van der Waals surface area contributed by atoms with Crippen LogP contribution in [0.1, 0.15) is 24.1 Å². The quantitative estimate of drug-likeness (QED) is 0.878. The van der Waals surface area contributed by atoms with Gasteiger partial charge in [-0.15, -0.1) is 13.2 Å². The van der Waals surface area contributed by atoms with Crippen LogP contribution in [0, 0.1) is 0 Å². The van der Waals surface area contributed by atoms with E-state index >= 15 is 0 Å². The lowest BCUT2D eigenvalue weighted by molar-refractivity contribution is -0.274. The van der Waals surface area contributed by atoms with Crippen LogP contribution in [-0.2, 0) is 6.54 Å². The van der Waals surface area contributed by atoms with Crippen LogP contribution in [0.4, 0.5) is 13.2 Å². The molecule has 20 heavy (non-hydrogen) atoms. The summed E-state index contributed by atoms with van der Waals surface area (Å²) in [5, 5.41) is 7.30. The summed E-state index contributed by atoms with van der Waals surface area (Å²) in [5.74, 6) is -0.194. The van der Waals surface area contributed by atoms with Gasteiger partial charge in [-0.2, -0.15) is 11.3 Å². The predicted molar refractivity (Wildman–Crippen MR) is 72.7 cm³/mol. The van der Waals surface area contributed by atoms with Crippen molar-refractivity contribution in [2.45, 2.75) is 25.9 Å². The fraction of sp³-hybridized carbons (Fsp3) is 0.286. The lowest BCUT2D eigenvalue weighted by atomic mass is 10.1. The lowest BCUT2D eigenvalue weighted by Gasteiger charge is -2.14. The van der Waals surface area contributed by atoms with Crippen molar-refractivity contribution in [3.63, 3.8) is 0 Å². The number of nitrogens with one attached hydrogen (secondary N) is 1. The number of benzene rings is 1. The van der Waals surface area contributed by atoms with Gasteiger partial charge < -0.3 is 10.1 Å². The molecule has 6 heteroatoms. The summed E-state index contributed by atoms with van der Waals surface area (Å²) in [6, 6.07) is 8.16. The second kappa shape index (κ2) is 6.28. The molecule has 0 aliphatic heterocycles. The third-order valence-corrected chi connectivity index (χ3v) is 3.49. The van der Waals surface area contributed by atoms with E-state index in [4.69, 9.17) is 0 Å². The third kappa shape index (κ3) is 4.54. The number of halogens is 3. The fourth-order valence-corrected chi connectivity index (χ4v) is 2.52. The predicted octanol–water partition coefficient (Wildman–Crippen LogP) is 4.50. The van der Waals surface area contributed by atoms with E-state index in [1.807, 2.05) is 23.8 Å². The maximum Gasteiger partial charge on any atom is 0.573 e. The zero-order valence-electron chi connectivity index (χ0n) is 10.8. The first-order valence-corrected chi connectivity index (χ1v) is 6.98. The molecule has 1 heterocycles. The van der Waals surface area contributed by atoms with Gasteiger partial charge in [0.1, 0.15) is 5.75 Å². The average Bonchev–Trinajstić information content (AvgIpc) is 2.88. The molecule has 2 rings (SSSR count). The Morgan fingerprint density at radius 1 is 1.30 bits per heavy atom. The van der Waals surface area contributed by atoms with E-state index in [1.54, 1.807) is 23.5 Å². The molecule has 0 saturated heterocycles. The standard InChI is InChI=1S/C14H14F3NOS/c1-10(12-5-6-20-9-12)18-8-11-3-2-4-13(7-11)19-14(15,16)17/h2-7,9-10,18H,8H2,1H3. The number of rotatable bonds is 5. The zero-order valence-corrected chi connectivity index (χ0v) is 11.6. The largest absolute Gasteiger partial charge is 0.573 e. The highest BCUT2D eigenvalue weighted by Gasteiger charge is 2.31. The second-order valence-electron chi connectivity index (χ2n) is 4.35. The Morgan fingerprint density at radius 3 is 2.75 bits per heavy atom. The van der Waals surface area contributed by atoms with E-state index in [-0.39, 0.29) is 11.8 Å². The van der Waals surface area contributed by atoms with Gasteiger partial charge in [-0.1, -0.05) is 12.1 Å². The minimum absolute atomic E-state index is 0.147. The van der Waals surface area contributed by atoms with Gasteiger partial charge in [-0.3, -0.25) is 0 Å². The summed E-state index contributed by atoms with van der Waals surface area (Å²) in [6.07, 6.45) is -4.66. The molecule has 1 aromatic carbocycles. The molecule has 2 aromatic rings. The van der Waals surface area contributed by atoms with Crippen molar-refractivity contribution < 1.29 is 17.9 Å². The van der Waals surface area contributed by atoms with Crippen LogP contribution >= 0.6 is 11.3 Å². The van der Waals surface area contributed by atoms with Gasteiger partial charge in [0, 0.05) is 12.6 Å². The highest BCUT2D eigenvalue weighted by molar-refractivity contribution is 7.07. The highest BCUT2D eigenvalue weighted by Crippen LogP contribution is 2.23. The molecule has 2 nitrogen and oxygen atoms in total. The second-order valence-corrected chi connectivity index (χ2v) is 5.13. The minimum Gasteiger partial charge on any atom is -0.406 e. The number of hydrogen-bond donors (Lipinski definition) is 1. The molecule has 108 valence electrons. The molecule has 0 radical (unpaired) electrons. The summed E-state index contributed by atoms with van der Waals surface area (Å²) in [7, 11) is 0. The van der Waals surface area contributed by atoms with E-state index in [1.165, 1.54) is 12.1 Å². The zero-order chi connectivity index (χ0) is 14.6. The fourth-order valence-electron chi connectivity index (χ4n) is 1.76. The Balaban J connectivity index is 1.94. The number of ether oxygens (including phenoxy) is 1. The Kier molecular flexibility index (Phi) is 4.67. The number of alkyl halides is 3. The molecule has 0 aliphatic rings. The smallest absolute Gasteiger partial charge is 0.406 e. The molecule has 0 saturated carbocycles. The third-order valence-electron chi connectivity index (χ3n) is 2.79. The molecule has 1 atom stereocenters. The van der Waals surface area contributed by atoms with E-state index in [0.29, 0.717) is 6.54 Å². The topological polar surface area (TPSA) is 21.3 Å². The number of thiophene rings is 1. The lowest BCUT2D eigenvalue weighted by Crippen LogP contribution is -2.19. The van der Waals surface area contributed by atoms with Crippen LogP contribution in [-0.4, -0.2) is 6.36 Å². The van der Waals surface area contributed by atoms with Crippen LogP contribution in [0.2, 0.25) is 0 Å². The van der Waals surface area contributed by atoms with Crippen LogP contribution in [0.15, 0.2) is 41.1 Å². The molecule has 0 fully saturated rings. The molecule has 1 N–H and O–H groups in total. The van der Waals surface area contributed by atoms with Crippen molar-refractivity contribution in [1.82, 2.24) is 5.32 Å². The van der Waals surface area contributed by atoms with Crippen LogP contribution < -0.4 is 10.1 Å². The minimum atomic E-state index is -4.66. The Hall–Kier alpha value is -1.53. The molecular formula is C14H14F3NOS. The van der Waals surface area contributed by atoms with Crippen molar-refractivity contribution >= 4 is 11.3 Å². The average molecular weight is 301 g/mol. The summed E-state index contributed by atoms with van der Waals surface area (Å²) in [4.78, 5) is 0. The molecule has 0 amide bonds. The van der Waals surface area contributed by atoms with Crippen molar-refractivity contribution in [2.24, 2.45) is 0 Å². The van der Waals surface area contributed by atoms with E-state index < -0.39 is 6.36 Å². The van der Waals surface area contributed by atoms with Crippen LogP contribution in [0.25, 0.3) is 0 Å². The SMILES string of the molecule is CC(NCc1cccc(OC(F)(F)F)c1)c1ccsc1. The molecular weight excluding hydrogens is 287 g/mol. The summed E-state index contributed by atoms with van der Waals surface area (Å²) < 4.78 is 40.3. The maximum atomic E-state index is 12.1. The summed E-state index contributed by atoms with van der Waals surface area (Å²) in [6.45, 7) is 2.49. The Labute approximate surface area is 119 Å². The van der Waals surface area contributed by atoms with Gasteiger partial charge in [0.05, 0.1) is 0 Å². The van der Waals surface area contributed by atoms with Crippen LogP contribution in [0.3, 0.4) is 0 Å². The van der Waals surface area contributed by atoms with Crippen molar-refractivity contribution in [2.75, 3.05) is 0 Å².